The van der Waals surface area contributed by atoms with Gasteiger partial charge in [0.2, 0.25) is 0 Å². The number of hydrogen-bond donors (Lipinski definition) is 1. The summed E-state index contributed by atoms with van der Waals surface area (Å²) in [6.07, 6.45) is 4.86. The van der Waals surface area contributed by atoms with Crippen LogP contribution in [0.2, 0.25) is 0 Å². The van der Waals surface area contributed by atoms with Crippen LogP contribution < -0.4 is 5.32 Å². The minimum Gasteiger partial charge on any atom is -0.451 e. The number of piperidine rings is 1. The summed E-state index contributed by atoms with van der Waals surface area (Å²) in [7, 11) is 0. The van der Waals surface area contributed by atoms with Crippen LogP contribution in [0.1, 0.15) is 18.4 Å². The zero-order chi connectivity index (χ0) is 13.6. The van der Waals surface area contributed by atoms with E-state index < -0.39 is 5.60 Å². The maximum Gasteiger partial charge on any atom is 0.331 e. The van der Waals surface area contributed by atoms with Crippen molar-refractivity contribution in [3.63, 3.8) is 0 Å². The lowest BCUT2D eigenvalue weighted by atomic mass is 9.85. The Morgan fingerprint density at radius 3 is 2.63 bits per heavy atom. The molecule has 0 unspecified atom stereocenters. The molecule has 0 atom stereocenters. The summed E-state index contributed by atoms with van der Waals surface area (Å²) in [4.78, 5) is 11.9. The third kappa shape index (κ3) is 3.67. The van der Waals surface area contributed by atoms with Crippen LogP contribution in [0.3, 0.4) is 0 Å². The molecule has 1 aromatic carbocycles. The van der Waals surface area contributed by atoms with Crippen LogP contribution in [0.5, 0.6) is 0 Å². The number of ether oxygens (including phenoxy) is 1. The second-order valence-electron chi connectivity index (χ2n) is 4.59. The summed E-state index contributed by atoms with van der Waals surface area (Å²) < 4.78 is 5.78. The Labute approximate surface area is 122 Å². The van der Waals surface area contributed by atoms with Crippen LogP contribution >= 0.6 is 15.9 Å². The summed E-state index contributed by atoms with van der Waals surface area (Å²) in [5.74, 6) is -0.273. The van der Waals surface area contributed by atoms with Crippen molar-refractivity contribution in [3.8, 4) is 0 Å². The van der Waals surface area contributed by atoms with E-state index >= 15 is 0 Å². The van der Waals surface area contributed by atoms with Gasteiger partial charge in [0.15, 0.2) is 0 Å². The number of esters is 1. The average molecular weight is 324 g/mol. The molecule has 19 heavy (non-hydrogen) atoms. The molecule has 4 heteroatoms. The molecule has 0 amide bonds. The van der Waals surface area contributed by atoms with Crippen LogP contribution in [-0.2, 0) is 15.1 Å². The highest BCUT2D eigenvalue weighted by atomic mass is 79.9. The van der Waals surface area contributed by atoms with Crippen molar-refractivity contribution in [1.82, 2.24) is 5.32 Å². The molecule has 102 valence electrons. The molecule has 0 radical (unpaired) electrons. The Hall–Kier alpha value is -1.13. The van der Waals surface area contributed by atoms with Crippen LogP contribution in [0.4, 0.5) is 0 Å². The average Bonchev–Trinajstić information content (AvgIpc) is 2.47. The Kier molecular flexibility index (Phi) is 5.16. The quantitative estimate of drug-likeness (QED) is 0.526. The molecule has 1 aromatic rings. The topological polar surface area (TPSA) is 38.3 Å². The van der Waals surface area contributed by atoms with Crippen LogP contribution in [0, 0.1) is 0 Å². The highest BCUT2D eigenvalue weighted by Gasteiger charge is 2.37. The molecule has 0 aliphatic carbocycles. The zero-order valence-corrected chi connectivity index (χ0v) is 12.4. The smallest absolute Gasteiger partial charge is 0.331 e. The van der Waals surface area contributed by atoms with Gasteiger partial charge in [0, 0.05) is 24.2 Å². The first-order valence-electron chi connectivity index (χ1n) is 6.48. The van der Waals surface area contributed by atoms with Gasteiger partial charge in [-0.15, -0.1) is 0 Å². The molecule has 1 aliphatic rings. The van der Waals surface area contributed by atoms with E-state index in [2.05, 4.69) is 21.2 Å². The Balaban J connectivity index is 2.20. The van der Waals surface area contributed by atoms with Gasteiger partial charge in [0.1, 0.15) is 5.60 Å². The lowest BCUT2D eigenvalue weighted by Gasteiger charge is -2.37. The van der Waals surface area contributed by atoms with Crippen molar-refractivity contribution in [2.75, 3.05) is 18.4 Å². The van der Waals surface area contributed by atoms with E-state index in [9.17, 15) is 4.79 Å². The SMILES string of the molecule is O=C(/C=C\CBr)OC1(c2ccccc2)CCNCC1. The fourth-order valence-corrected chi connectivity index (χ4v) is 2.58. The third-order valence-electron chi connectivity index (χ3n) is 3.35. The predicted molar refractivity (Wildman–Crippen MR) is 79.2 cm³/mol. The number of carbonyl (C=O) groups is 1. The van der Waals surface area contributed by atoms with Gasteiger partial charge in [-0.3, -0.25) is 0 Å². The van der Waals surface area contributed by atoms with Crippen LogP contribution in [0.25, 0.3) is 0 Å². The standard InChI is InChI=1S/C15H18BrNO2/c16-10-4-7-14(18)19-15(8-11-17-12-9-15)13-5-2-1-3-6-13/h1-7,17H,8-12H2/b7-4-. The lowest BCUT2D eigenvalue weighted by Crippen LogP contribution is -2.42. The number of benzene rings is 1. The first-order chi connectivity index (χ1) is 9.27. The van der Waals surface area contributed by atoms with Crippen molar-refractivity contribution >= 4 is 21.9 Å². The summed E-state index contributed by atoms with van der Waals surface area (Å²) in [6.45, 7) is 1.73. The Bertz CT molecular complexity index is 439. The molecule has 3 nitrogen and oxygen atoms in total. The molecule has 0 spiro atoms. The van der Waals surface area contributed by atoms with Gasteiger partial charge in [0.05, 0.1) is 0 Å². The van der Waals surface area contributed by atoms with Crippen molar-refractivity contribution in [2.45, 2.75) is 18.4 Å². The molecule has 1 heterocycles. The Morgan fingerprint density at radius 2 is 2.00 bits per heavy atom. The summed E-state index contributed by atoms with van der Waals surface area (Å²) in [6, 6.07) is 10.0. The first-order valence-corrected chi connectivity index (χ1v) is 7.61. The number of allylic oxidation sites excluding steroid dienone is 1. The fraction of sp³-hybridized carbons (Fsp3) is 0.400. The second-order valence-corrected chi connectivity index (χ2v) is 5.24. The summed E-state index contributed by atoms with van der Waals surface area (Å²) >= 11 is 3.26. The van der Waals surface area contributed by atoms with E-state index in [1.807, 2.05) is 30.3 Å². The molecule has 0 bridgehead atoms. The van der Waals surface area contributed by atoms with E-state index in [0.29, 0.717) is 5.33 Å². The van der Waals surface area contributed by atoms with Gasteiger partial charge in [-0.05, 0) is 18.7 Å². The molecule has 1 aliphatic heterocycles. The maximum absolute atomic E-state index is 11.9. The van der Waals surface area contributed by atoms with E-state index in [1.54, 1.807) is 6.08 Å². The molecule has 1 fully saturated rings. The molecule has 0 aromatic heterocycles. The zero-order valence-electron chi connectivity index (χ0n) is 10.8. The highest BCUT2D eigenvalue weighted by Crippen LogP contribution is 2.34. The monoisotopic (exact) mass is 323 g/mol. The molecular formula is C15H18BrNO2. The van der Waals surface area contributed by atoms with E-state index in [0.717, 1.165) is 31.5 Å². The highest BCUT2D eigenvalue weighted by molar-refractivity contribution is 9.09. The molecule has 0 saturated carbocycles. The number of alkyl halides is 1. The predicted octanol–water partition coefficient (Wildman–Crippen LogP) is 2.76. The number of halogens is 1. The largest absolute Gasteiger partial charge is 0.451 e. The Morgan fingerprint density at radius 1 is 1.32 bits per heavy atom. The normalized spacial score (nSPS) is 18.4. The second kappa shape index (κ2) is 6.87. The van der Waals surface area contributed by atoms with Crippen molar-refractivity contribution in [1.29, 1.82) is 0 Å². The van der Waals surface area contributed by atoms with Gasteiger partial charge in [-0.25, -0.2) is 4.79 Å². The lowest BCUT2D eigenvalue weighted by molar-refractivity contribution is -0.157. The van der Waals surface area contributed by atoms with Crippen molar-refractivity contribution in [2.24, 2.45) is 0 Å². The number of hydrogen-bond acceptors (Lipinski definition) is 3. The van der Waals surface area contributed by atoms with Gasteiger partial charge in [0.25, 0.3) is 0 Å². The van der Waals surface area contributed by atoms with Gasteiger partial charge >= 0.3 is 5.97 Å². The van der Waals surface area contributed by atoms with E-state index in [4.69, 9.17) is 4.74 Å². The first kappa shape index (κ1) is 14.3. The number of rotatable bonds is 4. The van der Waals surface area contributed by atoms with Crippen LogP contribution in [-0.4, -0.2) is 24.4 Å². The number of carbonyl (C=O) groups excluding carboxylic acids is 1. The molecule has 2 rings (SSSR count). The fourth-order valence-electron chi connectivity index (χ4n) is 2.39. The molecular weight excluding hydrogens is 306 g/mol. The van der Waals surface area contributed by atoms with Crippen LogP contribution in [0.15, 0.2) is 42.5 Å². The third-order valence-corrected chi connectivity index (χ3v) is 3.72. The van der Waals surface area contributed by atoms with Gasteiger partial charge in [-0.2, -0.15) is 0 Å². The minimum absolute atomic E-state index is 0.273. The maximum atomic E-state index is 11.9. The minimum atomic E-state index is -0.486. The summed E-state index contributed by atoms with van der Waals surface area (Å²) in [5, 5.41) is 3.96. The molecule has 1 N–H and O–H groups in total. The van der Waals surface area contributed by atoms with Crippen molar-refractivity contribution in [3.05, 3.63) is 48.0 Å². The van der Waals surface area contributed by atoms with E-state index in [1.165, 1.54) is 6.08 Å². The van der Waals surface area contributed by atoms with Gasteiger partial charge < -0.3 is 10.1 Å². The molecule has 1 saturated heterocycles. The summed E-state index contributed by atoms with van der Waals surface area (Å²) in [5.41, 5.74) is 0.595. The number of nitrogens with one attached hydrogen (secondary N) is 1. The van der Waals surface area contributed by atoms with Gasteiger partial charge in [-0.1, -0.05) is 52.3 Å². The van der Waals surface area contributed by atoms with E-state index in [-0.39, 0.29) is 5.97 Å². The van der Waals surface area contributed by atoms with Crippen molar-refractivity contribution < 1.29 is 9.53 Å².